The van der Waals surface area contributed by atoms with Crippen LogP contribution in [0.3, 0.4) is 0 Å². The highest BCUT2D eigenvalue weighted by molar-refractivity contribution is 5.85. The van der Waals surface area contributed by atoms with Crippen LogP contribution < -0.4 is 10.6 Å². The number of halogens is 2. The Labute approximate surface area is 127 Å². The van der Waals surface area contributed by atoms with Crippen LogP contribution in [0.1, 0.15) is 6.92 Å². The molecule has 2 amide bonds. The van der Waals surface area contributed by atoms with Gasteiger partial charge in [0.1, 0.15) is 0 Å². The van der Waals surface area contributed by atoms with E-state index in [0.29, 0.717) is 32.7 Å². The molecule has 8 heteroatoms. The van der Waals surface area contributed by atoms with Crippen molar-refractivity contribution in [2.45, 2.75) is 6.92 Å². The van der Waals surface area contributed by atoms with E-state index < -0.39 is 0 Å². The Kier molecular flexibility index (Phi) is 12.3. The average molecular weight is 315 g/mol. The summed E-state index contributed by atoms with van der Waals surface area (Å²) in [6.45, 7) is 6.35. The van der Waals surface area contributed by atoms with Crippen molar-refractivity contribution < 1.29 is 9.59 Å². The van der Waals surface area contributed by atoms with Crippen molar-refractivity contribution in [3.05, 3.63) is 0 Å². The third kappa shape index (κ3) is 7.57. The SMILES string of the molecule is CCNC(=O)CN1CCN(C(=O)CNC)CC1.Cl.Cl. The molecule has 0 aromatic heterocycles. The zero-order chi connectivity index (χ0) is 12.7. The topological polar surface area (TPSA) is 64.7 Å². The van der Waals surface area contributed by atoms with Gasteiger partial charge in [0.25, 0.3) is 0 Å². The largest absolute Gasteiger partial charge is 0.355 e. The fourth-order valence-corrected chi connectivity index (χ4v) is 1.87. The van der Waals surface area contributed by atoms with Crippen LogP contribution in [-0.4, -0.2) is 74.5 Å². The molecule has 19 heavy (non-hydrogen) atoms. The zero-order valence-electron chi connectivity index (χ0n) is 11.5. The number of hydrogen-bond acceptors (Lipinski definition) is 4. The molecular weight excluding hydrogens is 291 g/mol. The summed E-state index contributed by atoms with van der Waals surface area (Å²) in [5.74, 6) is 0.188. The van der Waals surface area contributed by atoms with Gasteiger partial charge in [-0.05, 0) is 14.0 Å². The van der Waals surface area contributed by atoms with Gasteiger partial charge in [-0.2, -0.15) is 0 Å². The van der Waals surface area contributed by atoms with Gasteiger partial charge in [-0.25, -0.2) is 0 Å². The molecule has 0 atom stereocenters. The van der Waals surface area contributed by atoms with Crippen molar-refractivity contribution >= 4 is 36.6 Å². The normalized spacial score (nSPS) is 15.2. The van der Waals surface area contributed by atoms with Crippen LogP contribution in [-0.2, 0) is 9.59 Å². The van der Waals surface area contributed by atoms with Crippen LogP contribution in [0.5, 0.6) is 0 Å². The Morgan fingerprint density at radius 2 is 1.68 bits per heavy atom. The lowest BCUT2D eigenvalue weighted by atomic mass is 10.3. The zero-order valence-corrected chi connectivity index (χ0v) is 13.1. The molecular formula is C11H24Cl2N4O2. The second-order valence-electron chi connectivity index (χ2n) is 4.14. The molecule has 0 bridgehead atoms. The van der Waals surface area contributed by atoms with E-state index in [-0.39, 0.29) is 36.6 Å². The molecule has 0 spiro atoms. The lowest BCUT2D eigenvalue weighted by molar-refractivity contribution is -0.132. The maximum Gasteiger partial charge on any atom is 0.236 e. The molecule has 114 valence electrons. The summed E-state index contributed by atoms with van der Waals surface area (Å²) in [7, 11) is 1.77. The van der Waals surface area contributed by atoms with Crippen LogP contribution in [0.4, 0.5) is 0 Å². The molecule has 1 heterocycles. The first-order valence-electron chi connectivity index (χ1n) is 6.08. The van der Waals surface area contributed by atoms with Crippen molar-refractivity contribution in [1.29, 1.82) is 0 Å². The van der Waals surface area contributed by atoms with Gasteiger partial charge in [0.2, 0.25) is 11.8 Å². The van der Waals surface area contributed by atoms with Gasteiger partial charge in [-0.3, -0.25) is 14.5 Å². The fourth-order valence-electron chi connectivity index (χ4n) is 1.87. The Hall–Kier alpha value is -0.560. The van der Waals surface area contributed by atoms with E-state index in [0.717, 1.165) is 13.1 Å². The van der Waals surface area contributed by atoms with E-state index in [1.54, 1.807) is 7.05 Å². The molecule has 0 aromatic carbocycles. The van der Waals surface area contributed by atoms with Gasteiger partial charge < -0.3 is 15.5 Å². The predicted molar refractivity (Wildman–Crippen MR) is 80.1 cm³/mol. The van der Waals surface area contributed by atoms with Crippen LogP contribution in [0.2, 0.25) is 0 Å². The van der Waals surface area contributed by atoms with E-state index in [1.165, 1.54) is 0 Å². The molecule has 2 N–H and O–H groups in total. The van der Waals surface area contributed by atoms with Crippen LogP contribution in [0.25, 0.3) is 0 Å². The predicted octanol–water partition coefficient (Wildman–Crippen LogP) is -0.670. The minimum absolute atomic E-state index is 0. The highest BCUT2D eigenvalue weighted by Crippen LogP contribution is 2.01. The number of likely N-dealkylation sites (N-methyl/N-ethyl adjacent to an activating group) is 2. The monoisotopic (exact) mass is 314 g/mol. The van der Waals surface area contributed by atoms with Crippen molar-refractivity contribution in [2.24, 2.45) is 0 Å². The third-order valence-electron chi connectivity index (χ3n) is 2.79. The van der Waals surface area contributed by atoms with Gasteiger partial charge in [0.05, 0.1) is 13.1 Å². The highest BCUT2D eigenvalue weighted by atomic mass is 35.5. The lowest BCUT2D eigenvalue weighted by Crippen LogP contribution is -2.52. The molecule has 1 saturated heterocycles. The summed E-state index contributed by atoms with van der Waals surface area (Å²) < 4.78 is 0. The number of hydrogen-bond donors (Lipinski definition) is 2. The summed E-state index contributed by atoms with van der Waals surface area (Å²) in [5, 5.41) is 5.63. The Morgan fingerprint density at radius 3 is 2.16 bits per heavy atom. The Balaban J connectivity index is 0. The first-order valence-corrected chi connectivity index (χ1v) is 6.08. The number of carbonyl (C=O) groups is 2. The van der Waals surface area contributed by atoms with Crippen molar-refractivity contribution in [3.8, 4) is 0 Å². The molecule has 0 aliphatic carbocycles. The van der Waals surface area contributed by atoms with E-state index in [1.807, 2.05) is 11.8 Å². The van der Waals surface area contributed by atoms with Gasteiger partial charge >= 0.3 is 0 Å². The number of carbonyl (C=O) groups excluding carboxylic acids is 2. The summed E-state index contributed by atoms with van der Waals surface area (Å²) >= 11 is 0. The summed E-state index contributed by atoms with van der Waals surface area (Å²) in [4.78, 5) is 26.9. The standard InChI is InChI=1S/C11H22N4O2.2ClH/c1-3-13-10(16)9-14-4-6-15(7-5-14)11(17)8-12-2;;/h12H,3-9H2,1-2H3,(H,13,16);2*1H. The molecule has 1 aliphatic heterocycles. The minimum Gasteiger partial charge on any atom is -0.355 e. The fraction of sp³-hybridized carbons (Fsp3) is 0.818. The van der Waals surface area contributed by atoms with Gasteiger partial charge in [0.15, 0.2) is 0 Å². The van der Waals surface area contributed by atoms with Crippen molar-refractivity contribution in [1.82, 2.24) is 20.4 Å². The van der Waals surface area contributed by atoms with Crippen LogP contribution >= 0.6 is 24.8 Å². The summed E-state index contributed by atoms with van der Waals surface area (Å²) in [6.07, 6.45) is 0. The van der Waals surface area contributed by atoms with Crippen molar-refractivity contribution in [2.75, 3.05) is 52.9 Å². The smallest absolute Gasteiger partial charge is 0.236 e. The maximum atomic E-state index is 11.6. The molecule has 0 saturated carbocycles. The maximum absolute atomic E-state index is 11.6. The number of piperazine rings is 1. The molecule has 0 radical (unpaired) electrons. The molecule has 1 aliphatic rings. The number of amides is 2. The molecule has 0 aromatic rings. The first kappa shape index (κ1) is 20.8. The third-order valence-corrected chi connectivity index (χ3v) is 2.79. The minimum atomic E-state index is 0. The lowest BCUT2D eigenvalue weighted by Gasteiger charge is -2.34. The average Bonchev–Trinajstić information content (AvgIpc) is 2.30. The number of rotatable bonds is 5. The molecule has 6 nitrogen and oxygen atoms in total. The number of nitrogens with one attached hydrogen (secondary N) is 2. The van der Waals surface area contributed by atoms with Gasteiger partial charge in [-0.1, -0.05) is 0 Å². The number of nitrogens with zero attached hydrogens (tertiary/aromatic N) is 2. The van der Waals surface area contributed by atoms with Crippen LogP contribution in [0.15, 0.2) is 0 Å². The molecule has 1 fully saturated rings. The molecule has 1 rings (SSSR count). The van der Waals surface area contributed by atoms with E-state index in [4.69, 9.17) is 0 Å². The van der Waals surface area contributed by atoms with E-state index >= 15 is 0 Å². The van der Waals surface area contributed by atoms with Gasteiger partial charge in [0, 0.05) is 32.7 Å². The Bertz CT molecular complexity index is 271. The van der Waals surface area contributed by atoms with E-state index in [9.17, 15) is 9.59 Å². The Morgan fingerprint density at radius 1 is 1.11 bits per heavy atom. The second-order valence-corrected chi connectivity index (χ2v) is 4.14. The summed E-state index contributed by atoms with van der Waals surface area (Å²) in [5.41, 5.74) is 0. The molecule has 0 unspecified atom stereocenters. The van der Waals surface area contributed by atoms with Crippen LogP contribution in [0, 0.1) is 0 Å². The quantitative estimate of drug-likeness (QED) is 0.706. The summed E-state index contributed by atoms with van der Waals surface area (Å²) in [6, 6.07) is 0. The highest BCUT2D eigenvalue weighted by Gasteiger charge is 2.21. The second kappa shape index (κ2) is 11.3. The first-order chi connectivity index (χ1) is 8.17. The van der Waals surface area contributed by atoms with Crippen molar-refractivity contribution in [3.63, 3.8) is 0 Å². The van der Waals surface area contributed by atoms with E-state index in [2.05, 4.69) is 15.5 Å². The van der Waals surface area contributed by atoms with Gasteiger partial charge in [-0.15, -0.1) is 24.8 Å².